The molecule has 88 valence electrons. The highest BCUT2D eigenvalue weighted by atomic mass is 16.5. The average molecular weight is 226 g/mol. The van der Waals surface area contributed by atoms with Gasteiger partial charge in [-0.25, -0.2) is 9.59 Å². The number of carbonyl (C=O) groups is 2. The quantitative estimate of drug-likeness (QED) is 0.760. The van der Waals surface area contributed by atoms with Gasteiger partial charge in [0.2, 0.25) is 0 Å². The zero-order valence-electron chi connectivity index (χ0n) is 9.21. The molecular formula is C10H14N2O4. The first-order valence-corrected chi connectivity index (χ1v) is 5.05. The summed E-state index contributed by atoms with van der Waals surface area (Å²) in [5, 5.41) is 12.8. The Morgan fingerprint density at radius 3 is 2.75 bits per heavy atom. The molecule has 0 aliphatic rings. The van der Waals surface area contributed by atoms with Crippen LogP contribution in [0.2, 0.25) is 0 Å². The van der Waals surface area contributed by atoms with E-state index in [2.05, 4.69) is 5.10 Å². The van der Waals surface area contributed by atoms with Gasteiger partial charge in [0.25, 0.3) is 0 Å². The second-order valence-electron chi connectivity index (χ2n) is 3.16. The summed E-state index contributed by atoms with van der Waals surface area (Å²) in [6, 6.07) is 0.701. The summed E-state index contributed by atoms with van der Waals surface area (Å²) in [6.45, 7) is 3.70. The summed E-state index contributed by atoms with van der Waals surface area (Å²) in [5.41, 5.74) is 0.126. The van der Waals surface area contributed by atoms with Crippen LogP contribution in [-0.4, -0.2) is 33.4 Å². The van der Waals surface area contributed by atoms with Crippen molar-refractivity contribution in [3.63, 3.8) is 0 Å². The normalized spacial score (nSPS) is 12.1. The topological polar surface area (TPSA) is 81.4 Å². The molecule has 0 spiro atoms. The highest BCUT2D eigenvalue weighted by Gasteiger charge is 2.20. The largest absolute Gasteiger partial charge is 0.480 e. The summed E-state index contributed by atoms with van der Waals surface area (Å²) in [5.74, 6) is -1.51. The molecule has 6 heteroatoms. The average Bonchev–Trinajstić information content (AvgIpc) is 2.68. The zero-order chi connectivity index (χ0) is 12.1. The van der Waals surface area contributed by atoms with Crippen LogP contribution in [0.4, 0.5) is 0 Å². The molecule has 0 aliphatic heterocycles. The van der Waals surface area contributed by atoms with Crippen molar-refractivity contribution >= 4 is 11.9 Å². The molecule has 1 rings (SSSR count). The predicted octanol–water partition coefficient (Wildman–Crippen LogP) is 1.10. The summed E-state index contributed by atoms with van der Waals surface area (Å²) in [6.07, 6.45) is 1.87. The van der Waals surface area contributed by atoms with Gasteiger partial charge in [0.05, 0.1) is 6.61 Å². The third-order valence-electron chi connectivity index (χ3n) is 2.08. The van der Waals surface area contributed by atoms with Crippen LogP contribution in [0.5, 0.6) is 0 Å². The van der Waals surface area contributed by atoms with E-state index >= 15 is 0 Å². The molecule has 0 saturated carbocycles. The predicted molar refractivity (Wildman–Crippen MR) is 55.1 cm³/mol. The van der Waals surface area contributed by atoms with E-state index in [-0.39, 0.29) is 12.3 Å². The highest BCUT2D eigenvalue weighted by molar-refractivity contribution is 5.87. The molecule has 0 aromatic carbocycles. The molecule has 0 saturated heterocycles. The van der Waals surface area contributed by atoms with Gasteiger partial charge >= 0.3 is 11.9 Å². The smallest absolute Gasteiger partial charge is 0.358 e. The van der Waals surface area contributed by atoms with Crippen molar-refractivity contribution < 1.29 is 19.4 Å². The van der Waals surface area contributed by atoms with E-state index in [1.54, 1.807) is 13.8 Å². The lowest BCUT2D eigenvalue weighted by molar-refractivity contribution is -0.141. The molecule has 0 bridgehead atoms. The number of hydrogen-bond acceptors (Lipinski definition) is 4. The van der Waals surface area contributed by atoms with Crippen LogP contribution in [0.15, 0.2) is 12.3 Å². The Bertz CT molecular complexity index is 386. The van der Waals surface area contributed by atoms with Crippen LogP contribution in [0.3, 0.4) is 0 Å². The number of aromatic nitrogens is 2. The Labute approximate surface area is 92.8 Å². The Morgan fingerprint density at radius 1 is 1.56 bits per heavy atom. The minimum absolute atomic E-state index is 0.126. The monoisotopic (exact) mass is 226 g/mol. The molecule has 0 unspecified atom stereocenters. The standard InChI is InChI=1S/C10H14N2O4/c1-3-8(9(13)14)12-6-5-7(11-12)10(15)16-4-2/h5-6,8H,3-4H2,1-2H3,(H,13,14)/t8-/m0/s1. The number of aliphatic carboxylic acids is 1. The Balaban J connectivity index is 2.85. The summed E-state index contributed by atoms with van der Waals surface area (Å²) >= 11 is 0. The molecular weight excluding hydrogens is 212 g/mol. The molecule has 1 N–H and O–H groups in total. The lowest BCUT2D eigenvalue weighted by Crippen LogP contribution is -2.19. The van der Waals surface area contributed by atoms with Gasteiger partial charge in [0.15, 0.2) is 5.69 Å². The van der Waals surface area contributed by atoms with E-state index in [0.29, 0.717) is 6.42 Å². The van der Waals surface area contributed by atoms with Crippen molar-refractivity contribution in [2.75, 3.05) is 6.61 Å². The van der Waals surface area contributed by atoms with Crippen LogP contribution in [-0.2, 0) is 9.53 Å². The van der Waals surface area contributed by atoms with Crippen LogP contribution in [0, 0.1) is 0 Å². The fourth-order valence-corrected chi connectivity index (χ4v) is 1.30. The van der Waals surface area contributed by atoms with Gasteiger partial charge in [-0.05, 0) is 19.4 Å². The third kappa shape index (κ3) is 2.59. The Kier molecular flexibility index (Phi) is 4.04. The molecule has 0 amide bonds. The van der Waals surface area contributed by atoms with Crippen LogP contribution < -0.4 is 0 Å². The first kappa shape index (κ1) is 12.2. The lowest BCUT2D eigenvalue weighted by Gasteiger charge is -2.09. The van der Waals surface area contributed by atoms with E-state index in [9.17, 15) is 9.59 Å². The number of esters is 1. The maximum atomic E-state index is 11.3. The van der Waals surface area contributed by atoms with E-state index in [0.717, 1.165) is 0 Å². The molecule has 1 aromatic heterocycles. The SMILES string of the molecule is CCOC(=O)c1ccn([C@@H](CC)C(=O)O)n1. The number of carboxylic acid groups (broad SMARTS) is 1. The first-order chi connectivity index (χ1) is 7.60. The van der Waals surface area contributed by atoms with E-state index in [4.69, 9.17) is 9.84 Å². The van der Waals surface area contributed by atoms with Gasteiger partial charge < -0.3 is 9.84 Å². The molecule has 0 radical (unpaired) electrons. The summed E-state index contributed by atoms with van der Waals surface area (Å²) < 4.78 is 6.01. The fourth-order valence-electron chi connectivity index (χ4n) is 1.30. The molecule has 0 aliphatic carbocycles. The van der Waals surface area contributed by atoms with Gasteiger partial charge in [-0.3, -0.25) is 4.68 Å². The highest BCUT2D eigenvalue weighted by Crippen LogP contribution is 2.11. The Hall–Kier alpha value is -1.85. The van der Waals surface area contributed by atoms with Crippen LogP contribution >= 0.6 is 0 Å². The van der Waals surface area contributed by atoms with Gasteiger partial charge in [0, 0.05) is 6.20 Å². The fraction of sp³-hybridized carbons (Fsp3) is 0.500. The molecule has 16 heavy (non-hydrogen) atoms. The van der Waals surface area contributed by atoms with Crippen molar-refractivity contribution in [1.82, 2.24) is 9.78 Å². The Morgan fingerprint density at radius 2 is 2.25 bits per heavy atom. The summed E-state index contributed by atoms with van der Waals surface area (Å²) in [4.78, 5) is 22.2. The molecule has 0 fully saturated rings. The van der Waals surface area contributed by atoms with Gasteiger partial charge in [-0.1, -0.05) is 6.92 Å². The van der Waals surface area contributed by atoms with E-state index in [1.165, 1.54) is 16.9 Å². The second-order valence-corrected chi connectivity index (χ2v) is 3.16. The lowest BCUT2D eigenvalue weighted by atomic mass is 10.2. The van der Waals surface area contributed by atoms with Gasteiger partial charge in [-0.2, -0.15) is 5.10 Å². The number of hydrogen-bond donors (Lipinski definition) is 1. The van der Waals surface area contributed by atoms with Crippen molar-refractivity contribution in [3.8, 4) is 0 Å². The molecule has 1 atom stereocenters. The first-order valence-electron chi connectivity index (χ1n) is 5.05. The third-order valence-corrected chi connectivity index (χ3v) is 2.08. The molecule has 6 nitrogen and oxygen atoms in total. The van der Waals surface area contributed by atoms with Crippen molar-refractivity contribution in [2.24, 2.45) is 0 Å². The van der Waals surface area contributed by atoms with Crippen molar-refractivity contribution in [2.45, 2.75) is 26.3 Å². The van der Waals surface area contributed by atoms with Crippen LogP contribution in [0.25, 0.3) is 0 Å². The zero-order valence-corrected chi connectivity index (χ0v) is 9.21. The number of carbonyl (C=O) groups excluding carboxylic acids is 1. The number of carboxylic acids is 1. The second kappa shape index (κ2) is 5.29. The summed E-state index contributed by atoms with van der Waals surface area (Å²) in [7, 11) is 0. The number of ether oxygens (including phenoxy) is 1. The minimum Gasteiger partial charge on any atom is -0.480 e. The van der Waals surface area contributed by atoms with Crippen molar-refractivity contribution in [3.05, 3.63) is 18.0 Å². The molecule has 1 aromatic rings. The van der Waals surface area contributed by atoms with E-state index in [1.807, 2.05) is 0 Å². The molecule has 1 heterocycles. The number of nitrogens with zero attached hydrogens (tertiary/aromatic N) is 2. The van der Waals surface area contributed by atoms with E-state index < -0.39 is 18.0 Å². The number of rotatable bonds is 5. The maximum Gasteiger partial charge on any atom is 0.358 e. The van der Waals surface area contributed by atoms with Crippen molar-refractivity contribution in [1.29, 1.82) is 0 Å². The minimum atomic E-state index is -0.971. The van der Waals surface area contributed by atoms with Crippen LogP contribution in [0.1, 0.15) is 36.8 Å². The van der Waals surface area contributed by atoms with Gasteiger partial charge in [-0.15, -0.1) is 0 Å². The van der Waals surface area contributed by atoms with Gasteiger partial charge in [0.1, 0.15) is 6.04 Å². The maximum absolute atomic E-state index is 11.3.